The highest BCUT2D eigenvalue weighted by Gasteiger charge is 2.13. The monoisotopic (exact) mass is 274 g/mol. The maximum Gasteiger partial charge on any atom is 0.211 e. The van der Waals surface area contributed by atoms with Gasteiger partial charge in [0.2, 0.25) is 5.43 Å². The summed E-state index contributed by atoms with van der Waals surface area (Å²) in [6.07, 6.45) is 0.232. The van der Waals surface area contributed by atoms with E-state index in [1.54, 1.807) is 22.9 Å². The number of hydrogen-bond donors (Lipinski definition) is 1. The second-order valence-corrected chi connectivity index (χ2v) is 5.08. The van der Waals surface area contributed by atoms with Crippen molar-refractivity contribution in [3.05, 3.63) is 39.7 Å². The van der Waals surface area contributed by atoms with E-state index in [4.69, 9.17) is 5.11 Å². The number of Topliss-reactive ketones (excluding diaryl/α,β-unsaturated/α-hetero) is 1. The molecule has 0 bridgehead atoms. The van der Waals surface area contributed by atoms with E-state index in [2.05, 4.69) is 5.10 Å². The Bertz CT molecular complexity index is 717. The summed E-state index contributed by atoms with van der Waals surface area (Å²) in [4.78, 5) is 23.8. The number of benzene rings is 1. The fourth-order valence-corrected chi connectivity index (χ4v) is 2.18. The minimum atomic E-state index is -0.180. The molecule has 1 heterocycles. The average molecular weight is 274 g/mol. The molecule has 0 spiro atoms. The Morgan fingerprint density at radius 1 is 1.40 bits per heavy atom. The lowest BCUT2D eigenvalue weighted by atomic mass is 10.1. The highest BCUT2D eigenvalue weighted by molar-refractivity contribution is 5.97. The van der Waals surface area contributed by atoms with E-state index in [0.29, 0.717) is 22.2 Å². The van der Waals surface area contributed by atoms with Crippen molar-refractivity contribution in [1.29, 1.82) is 0 Å². The predicted molar refractivity (Wildman–Crippen MR) is 77.2 cm³/mol. The quantitative estimate of drug-likeness (QED) is 0.862. The number of nitrogens with zero attached hydrogens (tertiary/aromatic N) is 2. The third-order valence-corrected chi connectivity index (χ3v) is 3.22. The minimum Gasteiger partial charge on any atom is -0.396 e. The molecule has 0 aliphatic heterocycles. The zero-order valence-corrected chi connectivity index (χ0v) is 11.9. The molecule has 0 aliphatic carbocycles. The summed E-state index contributed by atoms with van der Waals surface area (Å²) >= 11 is 0. The minimum absolute atomic E-state index is 0.0471. The lowest BCUT2D eigenvalue weighted by molar-refractivity contribution is 0.101. The van der Waals surface area contributed by atoms with Crippen molar-refractivity contribution in [2.45, 2.75) is 33.2 Å². The van der Waals surface area contributed by atoms with Crippen molar-refractivity contribution >= 4 is 16.7 Å². The van der Waals surface area contributed by atoms with Crippen molar-refractivity contribution in [3.63, 3.8) is 0 Å². The van der Waals surface area contributed by atoms with E-state index in [0.717, 1.165) is 0 Å². The van der Waals surface area contributed by atoms with Crippen LogP contribution in [0.25, 0.3) is 10.9 Å². The van der Waals surface area contributed by atoms with Crippen LogP contribution in [0.4, 0.5) is 0 Å². The van der Waals surface area contributed by atoms with Crippen molar-refractivity contribution in [2.75, 3.05) is 6.61 Å². The third-order valence-electron chi connectivity index (χ3n) is 3.22. The summed E-state index contributed by atoms with van der Waals surface area (Å²) in [5, 5.41) is 13.9. The van der Waals surface area contributed by atoms with Gasteiger partial charge in [0.1, 0.15) is 5.69 Å². The Labute approximate surface area is 116 Å². The van der Waals surface area contributed by atoms with Gasteiger partial charge in [0.05, 0.1) is 5.52 Å². The van der Waals surface area contributed by atoms with Crippen LogP contribution in [0, 0.1) is 0 Å². The first-order valence-electron chi connectivity index (χ1n) is 6.63. The van der Waals surface area contributed by atoms with Crippen LogP contribution < -0.4 is 5.43 Å². The maximum atomic E-state index is 12.3. The van der Waals surface area contributed by atoms with Gasteiger partial charge in [-0.3, -0.25) is 14.3 Å². The first kappa shape index (κ1) is 14.4. The van der Waals surface area contributed by atoms with E-state index >= 15 is 0 Å². The number of carbonyl (C=O) groups excluding carboxylic acids is 1. The van der Waals surface area contributed by atoms with E-state index in [1.807, 2.05) is 13.8 Å². The Morgan fingerprint density at radius 2 is 2.10 bits per heavy atom. The number of hydrogen-bond acceptors (Lipinski definition) is 4. The summed E-state index contributed by atoms with van der Waals surface area (Å²) in [6, 6.07) is 5.07. The van der Waals surface area contributed by atoms with Gasteiger partial charge in [-0.1, -0.05) is 6.07 Å². The second-order valence-electron chi connectivity index (χ2n) is 5.08. The van der Waals surface area contributed by atoms with Crippen molar-refractivity contribution in [3.8, 4) is 0 Å². The number of carbonyl (C=O) groups is 1. The fraction of sp³-hybridized carbons (Fsp3) is 0.400. The Kier molecular flexibility index (Phi) is 3.99. The third kappa shape index (κ3) is 2.49. The van der Waals surface area contributed by atoms with Crippen molar-refractivity contribution < 1.29 is 9.90 Å². The van der Waals surface area contributed by atoms with E-state index < -0.39 is 0 Å². The molecule has 0 atom stereocenters. The molecule has 2 rings (SSSR count). The van der Waals surface area contributed by atoms with Crippen molar-refractivity contribution in [2.24, 2.45) is 0 Å². The molecule has 106 valence electrons. The summed E-state index contributed by atoms with van der Waals surface area (Å²) in [7, 11) is 0. The molecule has 0 aliphatic rings. The summed E-state index contributed by atoms with van der Waals surface area (Å²) < 4.78 is 1.73. The molecule has 0 fully saturated rings. The molecule has 1 aromatic heterocycles. The number of aliphatic hydroxyl groups excluding tert-OH is 1. The summed E-state index contributed by atoms with van der Waals surface area (Å²) in [5.41, 5.74) is 1.38. The molecule has 0 radical (unpaired) electrons. The lowest BCUT2D eigenvalue weighted by Gasteiger charge is -2.15. The molecule has 20 heavy (non-hydrogen) atoms. The SMILES string of the molecule is CC(=O)c1ccc2c(=O)c(CCO)nn(C(C)C)c2c1. The second kappa shape index (κ2) is 5.54. The molecule has 0 saturated carbocycles. The average Bonchev–Trinajstić information content (AvgIpc) is 2.41. The molecular formula is C15H18N2O3. The van der Waals surface area contributed by atoms with Gasteiger partial charge in [0.15, 0.2) is 5.78 Å². The van der Waals surface area contributed by atoms with Gasteiger partial charge in [-0.05, 0) is 32.9 Å². The largest absolute Gasteiger partial charge is 0.396 e. The van der Waals surface area contributed by atoms with E-state index in [1.165, 1.54) is 6.92 Å². The summed E-state index contributed by atoms with van der Waals surface area (Å²) in [5.74, 6) is -0.0471. The highest BCUT2D eigenvalue weighted by Crippen LogP contribution is 2.17. The first-order chi connectivity index (χ1) is 9.45. The van der Waals surface area contributed by atoms with Crippen LogP contribution in [-0.4, -0.2) is 27.3 Å². The molecule has 5 nitrogen and oxygen atoms in total. The zero-order valence-electron chi connectivity index (χ0n) is 11.9. The van der Waals surface area contributed by atoms with Crippen LogP contribution in [0.3, 0.4) is 0 Å². The molecule has 5 heteroatoms. The normalized spacial score (nSPS) is 11.2. The molecule has 0 amide bonds. The first-order valence-corrected chi connectivity index (χ1v) is 6.63. The number of aromatic nitrogens is 2. The van der Waals surface area contributed by atoms with Crippen LogP contribution >= 0.6 is 0 Å². The predicted octanol–water partition coefficient (Wildman–Crippen LogP) is 1.71. The van der Waals surface area contributed by atoms with Gasteiger partial charge >= 0.3 is 0 Å². The topological polar surface area (TPSA) is 72.2 Å². The van der Waals surface area contributed by atoms with Gasteiger partial charge in [-0.25, -0.2) is 0 Å². The van der Waals surface area contributed by atoms with Gasteiger partial charge < -0.3 is 5.11 Å². The Morgan fingerprint density at radius 3 is 2.65 bits per heavy atom. The van der Waals surface area contributed by atoms with Gasteiger partial charge in [-0.15, -0.1) is 0 Å². The van der Waals surface area contributed by atoms with Gasteiger partial charge in [-0.2, -0.15) is 5.10 Å². The van der Waals surface area contributed by atoms with Crippen LogP contribution in [0.1, 0.15) is 42.9 Å². The van der Waals surface area contributed by atoms with Crippen LogP contribution in [0.5, 0.6) is 0 Å². The van der Waals surface area contributed by atoms with Crippen LogP contribution in [-0.2, 0) is 6.42 Å². The van der Waals surface area contributed by atoms with Crippen LogP contribution in [0.2, 0.25) is 0 Å². The van der Waals surface area contributed by atoms with E-state index in [9.17, 15) is 9.59 Å². The molecular weight excluding hydrogens is 256 g/mol. The van der Waals surface area contributed by atoms with Gasteiger partial charge in [0, 0.05) is 30.0 Å². The maximum absolute atomic E-state index is 12.3. The van der Waals surface area contributed by atoms with E-state index in [-0.39, 0.29) is 30.3 Å². The number of aliphatic hydroxyl groups is 1. The fourth-order valence-electron chi connectivity index (χ4n) is 2.18. The van der Waals surface area contributed by atoms with Gasteiger partial charge in [0.25, 0.3) is 0 Å². The molecule has 0 saturated heterocycles. The molecule has 1 aromatic carbocycles. The Balaban J connectivity index is 2.83. The number of fused-ring (bicyclic) bond motifs is 1. The lowest BCUT2D eigenvalue weighted by Crippen LogP contribution is -2.21. The summed E-state index contributed by atoms with van der Waals surface area (Å²) in [6.45, 7) is 5.30. The number of rotatable bonds is 4. The Hall–Kier alpha value is -2.01. The smallest absolute Gasteiger partial charge is 0.211 e. The number of ketones is 1. The van der Waals surface area contributed by atoms with Crippen LogP contribution in [0.15, 0.2) is 23.0 Å². The molecule has 0 unspecified atom stereocenters. The van der Waals surface area contributed by atoms with Crippen molar-refractivity contribution in [1.82, 2.24) is 9.78 Å². The zero-order chi connectivity index (χ0) is 14.9. The standard InChI is InChI=1S/C15H18N2O3/c1-9(2)17-14-8-11(10(3)19)4-5-12(14)15(20)13(16-17)6-7-18/h4-5,8-9,18H,6-7H2,1-3H3. The highest BCUT2D eigenvalue weighted by atomic mass is 16.3. The molecule has 2 aromatic rings. The molecule has 1 N–H and O–H groups in total.